The Morgan fingerprint density at radius 1 is 1.00 bits per heavy atom. The van der Waals surface area contributed by atoms with E-state index in [0.29, 0.717) is 26.2 Å². The number of hydrogen-bond donors (Lipinski definition) is 2. The number of piperazine rings is 1. The Balaban J connectivity index is 1.74. The predicted molar refractivity (Wildman–Crippen MR) is 86.8 cm³/mol. The summed E-state index contributed by atoms with van der Waals surface area (Å²) >= 11 is 0. The van der Waals surface area contributed by atoms with E-state index in [1.807, 2.05) is 4.90 Å². The number of imide groups is 1. The van der Waals surface area contributed by atoms with Crippen molar-refractivity contribution in [2.24, 2.45) is 0 Å². The lowest BCUT2D eigenvalue weighted by Crippen LogP contribution is -2.56. The summed E-state index contributed by atoms with van der Waals surface area (Å²) in [5, 5.41) is 5.33. The van der Waals surface area contributed by atoms with Gasteiger partial charge in [-0.05, 0) is 19.8 Å². The van der Waals surface area contributed by atoms with Crippen LogP contribution >= 0.6 is 0 Å². The molecule has 2 fully saturated rings. The van der Waals surface area contributed by atoms with E-state index < -0.39 is 6.03 Å². The first-order chi connectivity index (χ1) is 11.0. The van der Waals surface area contributed by atoms with E-state index >= 15 is 0 Å². The van der Waals surface area contributed by atoms with Crippen LogP contribution in [0.2, 0.25) is 0 Å². The molecule has 23 heavy (non-hydrogen) atoms. The van der Waals surface area contributed by atoms with Crippen LogP contribution in [0.4, 0.5) is 4.79 Å². The van der Waals surface area contributed by atoms with Crippen molar-refractivity contribution in [3.8, 4) is 0 Å². The molecule has 4 amide bonds. The van der Waals surface area contributed by atoms with Gasteiger partial charge in [-0.1, -0.05) is 19.3 Å². The number of urea groups is 1. The Labute approximate surface area is 137 Å². The molecule has 7 heteroatoms. The molecular formula is C16H28N4O3. The number of hydrogen-bond acceptors (Lipinski definition) is 4. The zero-order valence-electron chi connectivity index (χ0n) is 14.1. The molecule has 2 aliphatic rings. The summed E-state index contributed by atoms with van der Waals surface area (Å²) in [4.78, 5) is 39.2. The first-order valence-corrected chi connectivity index (χ1v) is 8.58. The molecule has 0 aromatic heterocycles. The second-order valence-corrected chi connectivity index (χ2v) is 6.52. The molecule has 7 nitrogen and oxygen atoms in total. The molecule has 2 N–H and O–H groups in total. The lowest BCUT2D eigenvalue weighted by molar-refractivity contribution is -0.132. The summed E-state index contributed by atoms with van der Waals surface area (Å²) < 4.78 is 0. The van der Waals surface area contributed by atoms with Crippen LogP contribution in [0.5, 0.6) is 0 Å². The third-order valence-corrected chi connectivity index (χ3v) is 4.86. The average Bonchev–Trinajstić information content (AvgIpc) is 2.55. The fourth-order valence-electron chi connectivity index (χ4n) is 3.27. The lowest BCUT2D eigenvalue weighted by Gasteiger charge is -2.36. The molecule has 0 radical (unpaired) electrons. The molecule has 0 spiro atoms. The quantitative estimate of drug-likeness (QED) is 0.800. The van der Waals surface area contributed by atoms with Gasteiger partial charge >= 0.3 is 6.03 Å². The molecule has 0 aromatic rings. The maximum atomic E-state index is 12.2. The minimum absolute atomic E-state index is 0.0635. The van der Waals surface area contributed by atoms with Gasteiger partial charge in [0, 0.05) is 39.1 Å². The summed E-state index contributed by atoms with van der Waals surface area (Å²) in [5.74, 6) is -0.219. The SMILES string of the molecule is CC(=O)N1CCN([C@@H](C)C(=O)NC(=O)NC2CCCCC2)CC1. The van der Waals surface area contributed by atoms with E-state index in [1.54, 1.807) is 18.7 Å². The standard InChI is InChI=1S/C16H28N4O3/c1-12(19-8-10-20(11-9-19)13(2)21)15(22)18-16(23)17-14-6-4-3-5-7-14/h12,14H,3-11H2,1-2H3,(H2,17,18,22,23)/t12-/m0/s1. The van der Waals surface area contributed by atoms with Gasteiger partial charge in [0.15, 0.2) is 0 Å². The molecule has 1 heterocycles. The van der Waals surface area contributed by atoms with Gasteiger partial charge in [-0.3, -0.25) is 19.8 Å². The van der Waals surface area contributed by atoms with E-state index in [2.05, 4.69) is 10.6 Å². The first-order valence-electron chi connectivity index (χ1n) is 8.58. The van der Waals surface area contributed by atoms with Crippen molar-refractivity contribution < 1.29 is 14.4 Å². The van der Waals surface area contributed by atoms with E-state index in [9.17, 15) is 14.4 Å². The smallest absolute Gasteiger partial charge is 0.321 e. The summed E-state index contributed by atoms with van der Waals surface area (Å²) in [6, 6.07) is -0.580. The molecule has 2 rings (SSSR count). The number of rotatable bonds is 3. The monoisotopic (exact) mass is 324 g/mol. The van der Waals surface area contributed by atoms with E-state index in [-0.39, 0.29) is 23.9 Å². The van der Waals surface area contributed by atoms with Crippen molar-refractivity contribution in [3.63, 3.8) is 0 Å². The lowest BCUT2D eigenvalue weighted by atomic mass is 9.96. The van der Waals surface area contributed by atoms with E-state index in [0.717, 1.165) is 25.7 Å². The number of nitrogens with zero attached hydrogens (tertiary/aromatic N) is 2. The third kappa shape index (κ3) is 5.20. The van der Waals surface area contributed by atoms with Gasteiger partial charge < -0.3 is 10.2 Å². The first kappa shape index (κ1) is 17.7. The fourth-order valence-corrected chi connectivity index (χ4v) is 3.27. The maximum absolute atomic E-state index is 12.2. The topological polar surface area (TPSA) is 81.8 Å². The van der Waals surface area contributed by atoms with Crippen LogP contribution in [-0.2, 0) is 9.59 Å². The van der Waals surface area contributed by atoms with Crippen molar-refractivity contribution in [1.82, 2.24) is 20.4 Å². The molecule has 130 valence electrons. The van der Waals surface area contributed by atoms with Gasteiger partial charge in [0.05, 0.1) is 6.04 Å². The summed E-state index contributed by atoms with van der Waals surface area (Å²) in [6.07, 6.45) is 5.47. The maximum Gasteiger partial charge on any atom is 0.321 e. The van der Waals surface area contributed by atoms with Gasteiger partial charge in [0.25, 0.3) is 0 Å². The Hall–Kier alpha value is -1.63. The Kier molecular flexibility index (Phi) is 6.38. The minimum atomic E-state index is -0.392. The minimum Gasteiger partial charge on any atom is -0.340 e. The number of nitrogens with one attached hydrogen (secondary N) is 2. The van der Waals surface area contributed by atoms with Crippen LogP contribution in [0.3, 0.4) is 0 Å². The fraction of sp³-hybridized carbons (Fsp3) is 0.812. The summed E-state index contributed by atoms with van der Waals surface area (Å²) in [6.45, 7) is 5.91. The van der Waals surface area contributed by atoms with Crippen LogP contribution in [-0.4, -0.2) is 65.9 Å². The van der Waals surface area contributed by atoms with Crippen LogP contribution in [0.15, 0.2) is 0 Å². The summed E-state index contributed by atoms with van der Waals surface area (Å²) in [5.41, 5.74) is 0. The van der Waals surface area contributed by atoms with Crippen LogP contribution in [0, 0.1) is 0 Å². The third-order valence-electron chi connectivity index (χ3n) is 4.86. The zero-order valence-corrected chi connectivity index (χ0v) is 14.1. The van der Waals surface area contributed by atoms with Crippen LogP contribution in [0.1, 0.15) is 46.0 Å². The molecule has 1 aliphatic heterocycles. The molecule has 0 unspecified atom stereocenters. The highest BCUT2D eigenvalue weighted by Gasteiger charge is 2.27. The highest BCUT2D eigenvalue weighted by atomic mass is 16.2. The number of carbonyl (C=O) groups excluding carboxylic acids is 3. The van der Waals surface area contributed by atoms with Gasteiger partial charge in [-0.2, -0.15) is 0 Å². The highest BCUT2D eigenvalue weighted by Crippen LogP contribution is 2.17. The van der Waals surface area contributed by atoms with Gasteiger partial charge in [0.2, 0.25) is 11.8 Å². The molecule has 1 atom stereocenters. The normalized spacial score (nSPS) is 21.6. The molecule has 0 bridgehead atoms. The van der Waals surface area contributed by atoms with Crippen LogP contribution in [0.25, 0.3) is 0 Å². The van der Waals surface area contributed by atoms with E-state index in [1.165, 1.54) is 6.42 Å². The molecular weight excluding hydrogens is 296 g/mol. The molecule has 1 saturated carbocycles. The Bertz CT molecular complexity index is 441. The second kappa shape index (κ2) is 8.29. The second-order valence-electron chi connectivity index (χ2n) is 6.52. The van der Waals surface area contributed by atoms with Gasteiger partial charge in [-0.15, -0.1) is 0 Å². The van der Waals surface area contributed by atoms with Crippen molar-refractivity contribution in [2.45, 2.75) is 58.0 Å². The highest BCUT2D eigenvalue weighted by molar-refractivity contribution is 5.96. The number of carbonyl (C=O) groups is 3. The van der Waals surface area contributed by atoms with Crippen LogP contribution < -0.4 is 10.6 Å². The Morgan fingerprint density at radius 3 is 2.17 bits per heavy atom. The summed E-state index contributed by atoms with van der Waals surface area (Å²) in [7, 11) is 0. The Morgan fingerprint density at radius 2 is 1.61 bits per heavy atom. The molecule has 1 saturated heterocycles. The molecule has 0 aromatic carbocycles. The number of amides is 4. The molecule has 1 aliphatic carbocycles. The van der Waals surface area contributed by atoms with Crippen molar-refractivity contribution >= 4 is 17.8 Å². The zero-order chi connectivity index (χ0) is 16.8. The van der Waals surface area contributed by atoms with Crippen molar-refractivity contribution in [1.29, 1.82) is 0 Å². The van der Waals surface area contributed by atoms with Crippen molar-refractivity contribution in [2.75, 3.05) is 26.2 Å². The van der Waals surface area contributed by atoms with E-state index in [4.69, 9.17) is 0 Å². The van der Waals surface area contributed by atoms with Gasteiger partial charge in [-0.25, -0.2) is 4.79 Å². The predicted octanol–water partition coefficient (Wildman–Crippen LogP) is 0.698. The van der Waals surface area contributed by atoms with Crippen molar-refractivity contribution in [3.05, 3.63) is 0 Å². The average molecular weight is 324 g/mol. The van der Waals surface area contributed by atoms with Gasteiger partial charge in [0.1, 0.15) is 0 Å². The largest absolute Gasteiger partial charge is 0.340 e.